The molecular formula is C24H34F2N6O. The van der Waals surface area contributed by atoms with Crippen LogP contribution in [-0.2, 0) is 0 Å². The number of nitrogens with zero attached hydrogens (tertiary/aromatic N) is 5. The van der Waals surface area contributed by atoms with Crippen LogP contribution in [-0.4, -0.2) is 70.4 Å². The lowest BCUT2D eigenvalue weighted by Crippen LogP contribution is -2.48. The van der Waals surface area contributed by atoms with Gasteiger partial charge in [-0.15, -0.1) is 0 Å². The smallest absolute Gasteiger partial charge is 0.387 e. The van der Waals surface area contributed by atoms with Crippen LogP contribution in [0.25, 0.3) is 11.3 Å². The Labute approximate surface area is 193 Å². The Morgan fingerprint density at radius 2 is 2.03 bits per heavy atom. The lowest BCUT2D eigenvalue weighted by molar-refractivity contribution is -0.0494. The Morgan fingerprint density at radius 3 is 2.79 bits per heavy atom. The molecule has 2 N–H and O–H groups in total. The maximum atomic E-state index is 12.6. The molecule has 4 unspecified atom stereocenters. The molecule has 2 saturated carbocycles. The predicted molar refractivity (Wildman–Crippen MR) is 123 cm³/mol. The first kappa shape index (κ1) is 22.5. The minimum atomic E-state index is -2.95. The molecule has 33 heavy (non-hydrogen) atoms. The van der Waals surface area contributed by atoms with Crippen LogP contribution < -0.4 is 10.5 Å². The molecule has 3 heterocycles. The van der Waals surface area contributed by atoms with E-state index in [4.69, 9.17) is 5.73 Å². The molecule has 2 aliphatic carbocycles. The summed E-state index contributed by atoms with van der Waals surface area (Å²) in [6.07, 6.45) is 9.93. The molecule has 0 spiro atoms. The summed E-state index contributed by atoms with van der Waals surface area (Å²) in [5, 5.41) is 4.69. The van der Waals surface area contributed by atoms with Gasteiger partial charge in [-0.25, -0.2) is 4.98 Å². The van der Waals surface area contributed by atoms with Crippen molar-refractivity contribution in [3.8, 4) is 17.0 Å². The molecule has 1 aliphatic heterocycles. The summed E-state index contributed by atoms with van der Waals surface area (Å²) in [7, 11) is 2.22. The van der Waals surface area contributed by atoms with Crippen LogP contribution >= 0.6 is 0 Å². The number of rotatable bonds is 8. The molecule has 0 bridgehead atoms. The minimum absolute atomic E-state index is 0.0588. The van der Waals surface area contributed by atoms with Crippen LogP contribution in [0.2, 0.25) is 0 Å². The molecular weight excluding hydrogens is 426 g/mol. The number of alkyl halides is 2. The van der Waals surface area contributed by atoms with E-state index in [1.54, 1.807) is 0 Å². The maximum Gasteiger partial charge on any atom is 0.387 e. The van der Waals surface area contributed by atoms with Gasteiger partial charge in [-0.05, 0) is 69.5 Å². The highest BCUT2D eigenvalue weighted by Gasteiger charge is 2.60. The van der Waals surface area contributed by atoms with Crippen molar-refractivity contribution < 1.29 is 13.5 Å². The zero-order chi connectivity index (χ0) is 23.2. The predicted octanol–water partition coefficient (Wildman–Crippen LogP) is 3.89. The molecule has 180 valence electrons. The summed E-state index contributed by atoms with van der Waals surface area (Å²) < 4.78 is 31.7. The number of piperazine rings is 1. The molecule has 9 heteroatoms. The monoisotopic (exact) mass is 460 g/mol. The van der Waals surface area contributed by atoms with E-state index in [1.807, 2.05) is 16.9 Å². The molecule has 3 fully saturated rings. The summed E-state index contributed by atoms with van der Waals surface area (Å²) in [4.78, 5) is 9.13. The van der Waals surface area contributed by atoms with Gasteiger partial charge in [0.15, 0.2) is 11.6 Å². The number of halogens is 2. The topological polar surface area (TPSA) is 72.4 Å². The van der Waals surface area contributed by atoms with Crippen molar-refractivity contribution in [3.05, 3.63) is 24.5 Å². The normalized spacial score (nSPS) is 28.8. The Morgan fingerprint density at radius 1 is 1.24 bits per heavy atom. The Balaban J connectivity index is 1.17. The SMILES string of the molecule is CC(CCC12CC(N3CCN(C)CC3)CC1C2)n1ccc(-c2cnc(N)c(OC(F)F)c2)n1. The van der Waals surface area contributed by atoms with Gasteiger partial charge in [-0.3, -0.25) is 9.58 Å². The van der Waals surface area contributed by atoms with Gasteiger partial charge < -0.3 is 15.4 Å². The molecule has 2 aromatic rings. The molecule has 2 aromatic heterocycles. The molecule has 1 saturated heterocycles. The van der Waals surface area contributed by atoms with Gasteiger partial charge in [0, 0.05) is 56.2 Å². The number of hydrogen-bond acceptors (Lipinski definition) is 6. The van der Waals surface area contributed by atoms with E-state index in [0.717, 1.165) is 18.4 Å². The number of anilines is 1. The van der Waals surface area contributed by atoms with Gasteiger partial charge >= 0.3 is 6.61 Å². The third-order valence-corrected chi connectivity index (χ3v) is 8.13. The standard InChI is InChI=1S/C24H34F2N6O/c1-16(3-5-24-13-18(24)12-19(14-24)31-9-7-30(2)8-10-31)32-6-4-20(29-32)17-11-21(33-23(25)26)22(27)28-15-17/h4,6,11,15-16,18-19,23H,3,5,7-10,12-14H2,1-2H3,(H2,27,28). The van der Waals surface area contributed by atoms with E-state index in [2.05, 4.69) is 38.6 Å². The van der Waals surface area contributed by atoms with E-state index >= 15 is 0 Å². The number of nitrogens with two attached hydrogens (primary N) is 1. The molecule has 0 amide bonds. The highest BCUT2D eigenvalue weighted by molar-refractivity contribution is 5.63. The van der Waals surface area contributed by atoms with E-state index in [0.29, 0.717) is 16.7 Å². The van der Waals surface area contributed by atoms with Crippen LogP contribution in [0.4, 0.5) is 14.6 Å². The van der Waals surface area contributed by atoms with E-state index in [9.17, 15) is 8.78 Å². The Hall–Kier alpha value is -2.26. The second kappa shape index (κ2) is 8.83. The fourth-order valence-electron chi connectivity index (χ4n) is 5.92. The first-order valence-electron chi connectivity index (χ1n) is 12.0. The van der Waals surface area contributed by atoms with Gasteiger partial charge in [-0.1, -0.05) is 0 Å². The van der Waals surface area contributed by atoms with E-state index < -0.39 is 6.61 Å². The fraction of sp³-hybridized carbons (Fsp3) is 0.667. The highest BCUT2D eigenvalue weighted by Crippen LogP contribution is 2.67. The summed E-state index contributed by atoms with van der Waals surface area (Å²) in [6.45, 7) is 4.04. The summed E-state index contributed by atoms with van der Waals surface area (Å²) >= 11 is 0. The molecule has 5 rings (SSSR count). The molecule has 0 radical (unpaired) electrons. The Bertz CT molecular complexity index is 976. The molecule has 4 atom stereocenters. The fourth-order valence-corrected chi connectivity index (χ4v) is 5.92. The first-order valence-corrected chi connectivity index (χ1v) is 12.0. The van der Waals surface area contributed by atoms with Gasteiger partial charge in [0.2, 0.25) is 0 Å². The van der Waals surface area contributed by atoms with Crippen molar-refractivity contribution in [2.75, 3.05) is 39.0 Å². The highest BCUT2D eigenvalue weighted by atomic mass is 19.3. The van der Waals surface area contributed by atoms with Crippen LogP contribution in [0.15, 0.2) is 24.5 Å². The van der Waals surface area contributed by atoms with Crippen molar-refractivity contribution in [3.63, 3.8) is 0 Å². The second-order valence-corrected chi connectivity index (χ2v) is 10.3. The van der Waals surface area contributed by atoms with Crippen molar-refractivity contribution in [2.24, 2.45) is 11.3 Å². The number of fused-ring (bicyclic) bond motifs is 1. The maximum absolute atomic E-state index is 12.6. The van der Waals surface area contributed by atoms with Crippen LogP contribution in [0.3, 0.4) is 0 Å². The quantitative estimate of drug-likeness (QED) is 0.645. The van der Waals surface area contributed by atoms with E-state index in [1.165, 1.54) is 64.1 Å². The minimum Gasteiger partial charge on any atom is -0.431 e. The van der Waals surface area contributed by atoms with Crippen molar-refractivity contribution >= 4 is 5.82 Å². The second-order valence-electron chi connectivity index (χ2n) is 10.3. The third kappa shape index (κ3) is 4.71. The zero-order valence-corrected chi connectivity index (χ0v) is 19.5. The van der Waals surface area contributed by atoms with Gasteiger partial charge in [0.1, 0.15) is 0 Å². The number of ether oxygens (including phenoxy) is 1. The van der Waals surface area contributed by atoms with Crippen molar-refractivity contribution in [1.29, 1.82) is 0 Å². The average Bonchev–Trinajstić information content (AvgIpc) is 3.13. The van der Waals surface area contributed by atoms with Gasteiger partial charge in [0.05, 0.1) is 5.69 Å². The van der Waals surface area contributed by atoms with Crippen LogP contribution in [0.1, 0.15) is 45.1 Å². The number of pyridine rings is 1. The summed E-state index contributed by atoms with van der Waals surface area (Å²) in [5.41, 5.74) is 7.47. The number of aromatic nitrogens is 3. The largest absolute Gasteiger partial charge is 0.431 e. The van der Waals surface area contributed by atoms with Gasteiger partial charge in [-0.2, -0.15) is 13.9 Å². The van der Waals surface area contributed by atoms with Crippen molar-refractivity contribution in [1.82, 2.24) is 24.6 Å². The number of hydrogen-bond donors (Lipinski definition) is 1. The van der Waals surface area contributed by atoms with Crippen LogP contribution in [0, 0.1) is 11.3 Å². The molecule has 3 aliphatic rings. The number of nitrogen functional groups attached to an aromatic ring is 1. The summed E-state index contributed by atoms with van der Waals surface area (Å²) in [6, 6.07) is 4.39. The molecule has 7 nitrogen and oxygen atoms in total. The van der Waals surface area contributed by atoms with E-state index in [-0.39, 0.29) is 17.6 Å². The Kier molecular flexibility index (Phi) is 6.03. The lowest BCUT2D eigenvalue weighted by Gasteiger charge is -2.37. The molecule has 0 aromatic carbocycles. The number of likely N-dealkylation sites (N-methyl/N-ethyl adjacent to an activating group) is 1. The van der Waals surface area contributed by atoms with Crippen molar-refractivity contribution in [2.45, 2.75) is 57.7 Å². The summed E-state index contributed by atoms with van der Waals surface area (Å²) in [5.74, 6) is 0.716. The zero-order valence-electron chi connectivity index (χ0n) is 19.5. The average molecular weight is 461 g/mol. The first-order chi connectivity index (χ1) is 15.8. The van der Waals surface area contributed by atoms with Gasteiger partial charge in [0.25, 0.3) is 0 Å². The lowest BCUT2D eigenvalue weighted by atomic mass is 9.93. The third-order valence-electron chi connectivity index (χ3n) is 8.13. The van der Waals surface area contributed by atoms with Crippen LogP contribution in [0.5, 0.6) is 5.75 Å².